The SMILES string of the molecule is C=C/C=C\c1c(C)c2ccccc2n1-c1ccc(-c2nc3c(-c4cccc(-c5ccccc5)c4)cc(-c4cccc(-c5ccccc5)c4)cc3o2)c(C)c1. The van der Waals surface area contributed by atoms with Gasteiger partial charge in [-0.2, -0.15) is 0 Å². The van der Waals surface area contributed by atoms with Crippen molar-refractivity contribution in [3.8, 4) is 61.6 Å². The van der Waals surface area contributed by atoms with Crippen molar-refractivity contribution in [1.29, 1.82) is 0 Å². The van der Waals surface area contributed by atoms with Crippen LogP contribution >= 0.6 is 0 Å². The summed E-state index contributed by atoms with van der Waals surface area (Å²) in [6.07, 6.45) is 5.95. The zero-order valence-corrected chi connectivity index (χ0v) is 30.3. The van der Waals surface area contributed by atoms with E-state index in [0.29, 0.717) is 5.89 Å². The predicted octanol–water partition coefficient (Wildman–Crippen LogP) is 13.9. The van der Waals surface area contributed by atoms with Gasteiger partial charge in [0.2, 0.25) is 5.89 Å². The average molecular weight is 695 g/mol. The molecular formula is C51H38N2O. The van der Waals surface area contributed by atoms with E-state index < -0.39 is 0 Å². The Hall–Kier alpha value is -6.97. The molecule has 3 nitrogen and oxygen atoms in total. The lowest BCUT2D eigenvalue weighted by Gasteiger charge is -2.12. The van der Waals surface area contributed by atoms with E-state index in [0.717, 1.165) is 61.4 Å². The maximum Gasteiger partial charge on any atom is 0.227 e. The van der Waals surface area contributed by atoms with Gasteiger partial charge >= 0.3 is 0 Å². The van der Waals surface area contributed by atoms with Crippen LogP contribution in [0.3, 0.4) is 0 Å². The predicted molar refractivity (Wildman–Crippen MR) is 227 cm³/mol. The van der Waals surface area contributed by atoms with E-state index >= 15 is 0 Å². The van der Waals surface area contributed by atoms with Gasteiger partial charge < -0.3 is 8.98 Å². The van der Waals surface area contributed by atoms with Crippen LogP contribution < -0.4 is 0 Å². The van der Waals surface area contributed by atoms with Gasteiger partial charge in [0.1, 0.15) is 5.52 Å². The molecule has 0 aliphatic rings. The van der Waals surface area contributed by atoms with Crippen LogP contribution in [0.25, 0.3) is 89.7 Å². The summed E-state index contributed by atoms with van der Waals surface area (Å²) in [6.45, 7) is 8.22. The van der Waals surface area contributed by atoms with E-state index in [1.807, 2.05) is 12.2 Å². The van der Waals surface area contributed by atoms with E-state index in [2.05, 4.69) is 195 Å². The Morgan fingerprint density at radius 2 is 1.17 bits per heavy atom. The molecule has 0 atom stereocenters. The molecule has 0 amide bonds. The molecule has 7 aromatic carbocycles. The van der Waals surface area contributed by atoms with Gasteiger partial charge in [-0.25, -0.2) is 4.98 Å². The van der Waals surface area contributed by atoms with Crippen LogP contribution in [0.2, 0.25) is 0 Å². The number of hydrogen-bond acceptors (Lipinski definition) is 2. The largest absolute Gasteiger partial charge is 0.436 e. The molecule has 0 aliphatic carbocycles. The fraction of sp³-hybridized carbons (Fsp3) is 0.0392. The topological polar surface area (TPSA) is 31.0 Å². The summed E-state index contributed by atoms with van der Waals surface area (Å²) in [7, 11) is 0. The van der Waals surface area contributed by atoms with Crippen LogP contribution in [-0.2, 0) is 0 Å². The number of allylic oxidation sites excluding steroid dienone is 2. The molecule has 258 valence electrons. The zero-order chi connectivity index (χ0) is 36.6. The Labute approximate surface area is 315 Å². The fourth-order valence-corrected chi connectivity index (χ4v) is 7.62. The van der Waals surface area contributed by atoms with Gasteiger partial charge in [0.05, 0.1) is 5.52 Å². The highest BCUT2D eigenvalue weighted by molar-refractivity contribution is 5.97. The highest BCUT2D eigenvalue weighted by atomic mass is 16.3. The van der Waals surface area contributed by atoms with Gasteiger partial charge in [-0.15, -0.1) is 0 Å². The minimum absolute atomic E-state index is 0.602. The van der Waals surface area contributed by atoms with Crippen LogP contribution in [0.5, 0.6) is 0 Å². The Kier molecular flexibility index (Phi) is 8.45. The smallest absolute Gasteiger partial charge is 0.227 e. The van der Waals surface area contributed by atoms with Crippen LogP contribution in [0.15, 0.2) is 187 Å². The third-order valence-electron chi connectivity index (χ3n) is 10.3. The number of benzene rings is 7. The van der Waals surface area contributed by atoms with Crippen molar-refractivity contribution in [2.45, 2.75) is 13.8 Å². The van der Waals surface area contributed by atoms with Gasteiger partial charge in [0, 0.05) is 27.9 Å². The molecule has 2 heterocycles. The lowest BCUT2D eigenvalue weighted by molar-refractivity contribution is 0.619. The second-order valence-electron chi connectivity index (χ2n) is 13.7. The van der Waals surface area contributed by atoms with Gasteiger partial charge in [0.15, 0.2) is 5.58 Å². The summed E-state index contributed by atoms with van der Waals surface area (Å²) in [5.74, 6) is 0.602. The van der Waals surface area contributed by atoms with Crippen molar-refractivity contribution >= 4 is 28.1 Å². The minimum atomic E-state index is 0.602. The van der Waals surface area contributed by atoms with Gasteiger partial charge in [0.25, 0.3) is 0 Å². The van der Waals surface area contributed by atoms with Gasteiger partial charge in [-0.3, -0.25) is 0 Å². The molecule has 0 fully saturated rings. The second-order valence-corrected chi connectivity index (χ2v) is 13.7. The zero-order valence-electron chi connectivity index (χ0n) is 30.3. The maximum atomic E-state index is 6.75. The Morgan fingerprint density at radius 1 is 0.556 bits per heavy atom. The number of nitrogens with zero attached hydrogens (tertiary/aromatic N) is 2. The molecule has 0 radical (unpaired) electrons. The van der Waals surface area contributed by atoms with E-state index in [9.17, 15) is 0 Å². The second kappa shape index (κ2) is 13.9. The molecule has 0 saturated carbocycles. The highest BCUT2D eigenvalue weighted by Gasteiger charge is 2.19. The average Bonchev–Trinajstić information content (AvgIpc) is 3.78. The third kappa shape index (κ3) is 5.96. The minimum Gasteiger partial charge on any atom is -0.436 e. The summed E-state index contributed by atoms with van der Waals surface area (Å²) in [4.78, 5) is 5.24. The number of oxazole rings is 1. The van der Waals surface area contributed by atoms with Crippen molar-refractivity contribution in [1.82, 2.24) is 9.55 Å². The standard InChI is InChI=1S/C51H38N2O/c1-4-5-25-47-35(3)45-24-12-13-26-48(45)53(47)43-27-28-44(34(2)29-43)51-52-50-46(41-23-15-21-39(31-41)37-18-10-7-11-19-37)32-42(33-49(50)54-51)40-22-14-20-38(30-40)36-16-8-6-9-17-36/h4-33H,1H2,2-3H3/b25-5-. The molecule has 2 aromatic heterocycles. The maximum absolute atomic E-state index is 6.75. The number of fused-ring (bicyclic) bond motifs is 2. The fourth-order valence-electron chi connectivity index (χ4n) is 7.62. The number of para-hydroxylation sites is 1. The lowest BCUT2D eigenvalue weighted by atomic mass is 9.94. The Balaban J connectivity index is 1.20. The van der Waals surface area contributed by atoms with Crippen molar-refractivity contribution in [3.63, 3.8) is 0 Å². The molecule has 9 rings (SSSR count). The number of hydrogen-bond donors (Lipinski definition) is 0. The molecule has 0 N–H and O–H groups in total. The molecule has 3 heteroatoms. The van der Waals surface area contributed by atoms with E-state index in [1.54, 1.807) is 0 Å². The summed E-state index contributed by atoms with van der Waals surface area (Å²) in [5.41, 5.74) is 17.2. The van der Waals surface area contributed by atoms with Crippen molar-refractivity contribution in [3.05, 3.63) is 199 Å². The van der Waals surface area contributed by atoms with E-state index in [4.69, 9.17) is 9.40 Å². The number of aryl methyl sites for hydroxylation is 2. The van der Waals surface area contributed by atoms with Gasteiger partial charge in [-0.05, 0) is 119 Å². The number of rotatable bonds is 8. The van der Waals surface area contributed by atoms with Crippen LogP contribution in [0, 0.1) is 13.8 Å². The molecule has 0 aliphatic heterocycles. The summed E-state index contributed by atoms with van der Waals surface area (Å²) < 4.78 is 9.07. The first kappa shape index (κ1) is 32.9. The third-order valence-corrected chi connectivity index (χ3v) is 10.3. The highest BCUT2D eigenvalue weighted by Crippen LogP contribution is 2.40. The molecule has 9 aromatic rings. The van der Waals surface area contributed by atoms with E-state index in [-0.39, 0.29) is 0 Å². The Morgan fingerprint density at radius 3 is 1.85 bits per heavy atom. The molecule has 54 heavy (non-hydrogen) atoms. The lowest BCUT2D eigenvalue weighted by Crippen LogP contribution is -1.98. The first-order chi connectivity index (χ1) is 26.6. The summed E-state index contributed by atoms with van der Waals surface area (Å²) >= 11 is 0. The van der Waals surface area contributed by atoms with Crippen LogP contribution in [0.1, 0.15) is 16.8 Å². The first-order valence-electron chi connectivity index (χ1n) is 18.3. The summed E-state index contributed by atoms with van der Waals surface area (Å²) in [5, 5.41) is 1.23. The quantitative estimate of drug-likeness (QED) is 0.148. The monoisotopic (exact) mass is 694 g/mol. The van der Waals surface area contributed by atoms with Crippen molar-refractivity contribution in [2.75, 3.05) is 0 Å². The van der Waals surface area contributed by atoms with E-state index in [1.165, 1.54) is 33.2 Å². The van der Waals surface area contributed by atoms with Crippen LogP contribution in [-0.4, -0.2) is 9.55 Å². The van der Waals surface area contributed by atoms with Crippen molar-refractivity contribution < 1.29 is 4.42 Å². The van der Waals surface area contributed by atoms with Gasteiger partial charge in [-0.1, -0.05) is 134 Å². The van der Waals surface area contributed by atoms with Crippen LogP contribution in [0.4, 0.5) is 0 Å². The molecule has 0 saturated heterocycles. The number of aromatic nitrogens is 2. The molecule has 0 bridgehead atoms. The molecule has 0 spiro atoms. The first-order valence-corrected chi connectivity index (χ1v) is 18.3. The molecular weight excluding hydrogens is 657 g/mol. The summed E-state index contributed by atoms with van der Waals surface area (Å²) in [6, 6.07) is 57.9. The Bertz CT molecular complexity index is 2850. The normalized spacial score (nSPS) is 11.5. The van der Waals surface area contributed by atoms with Crippen molar-refractivity contribution in [2.24, 2.45) is 0 Å². The molecule has 0 unspecified atom stereocenters.